The second-order valence-electron chi connectivity index (χ2n) is 4.23. The van der Waals surface area contributed by atoms with Crippen LogP contribution in [0, 0.1) is 0 Å². The number of nitrogens with two attached hydrogens (primary N) is 1. The molecule has 1 aromatic heterocycles. The van der Waals surface area contributed by atoms with Crippen LogP contribution in [0.2, 0.25) is 0 Å². The van der Waals surface area contributed by atoms with Crippen LogP contribution in [-0.2, 0) is 11.3 Å². The first-order valence-corrected chi connectivity index (χ1v) is 6.87. The van der Waals surface area contributed by atoms with E-state index in [0.29, 0.717) is 13.2 Å². The number of hydrogen-bond donors (Lipinski definition) is 1. The molecule has 4 heteroatoms. The SMILES string of the molecule is NCCOCCN(Cc1ccsc1)C1CC1. The molecule has 0 atom stereocenters. The molecule has 16 heavy (non-hydrogen) atoms. The van der Waals surface area contributed by atoms with Crippen LogP contribution in [0.15, 0.2) is 16.8 Å². The molecule has 0 unspecified atom stereocenters. The number of rotatable bonds is 8. The molecule has 1 aliphatic carbocycles. The zero-order chi connectivity index (χ0) is 11.2. The van der Waals surface area contributed by atoms with Crippen molar-refractivity contribution in [2.24, 2.45) is 5.73 Å². The van der Waals surface area contributed by atoms with Gasteiger partial charge in [0, 0.05) is 25.7 Å². The van der Waals surface area contributed by atoms with Crippen molar-refractivity contribution >= 4 is 11.3 Å². The van der Waals surface area contributed by atoms with Gasteiger partial charge in [-0.2, -0.15) is 11.3 Å². The van der Waals surface area contributed by atoms with Gasteiger partial charge in [0.1, 0.15) is 0 Å². The molecule has 0 radical (unpaired) electrons. The predicted octanol–water partition coefficient (Wildman–Crippen LogP) is 1.69. The highest BCUT2D eigenvalue weighted by Crippen LogP contribution is 2.28. The van der Waals surface area contributed by atoms with Crippen molar-refractivity contribution in [2.75, 3.05) is 26.3 Å². The Hall–Kier alpha value is -0.420. The zero-order valence-corrected chi connectivity index (χ0v) is 10.4. The number of thiophene rings is 1. The second-order valence-corrected chi connectivity index (χ2v) is 5.01. The lowest BCUT2D eigenvalue weighted by Crippen LogP contribution is -2.29. The van der Waals surface area contributed by atoms with Gasteiger partial charge < -0.3 is 10.5 Å². The molecule has 0 saturated heterocycles. The van der Waals surface area contributed by atoms with E-state index in [4.69, 9.17) is 10.5 Å². The maximum absolute atomic E-state index is 5.45. The molecule has 1 aliphatic rings. The Morgan fingerprint density at radius 3 is 2.94 bits per heavy atom. The molecule has 2 rings (SSSR count). The highest BCUT2D eigenvalue weighted by molar-refractivity contribution is 7.07. The highest BCUT2D eigenvalue weighted by Gasteiger charge is 2.28. The summed E-state index contributed by atoms with van der Waals surface area (Å²) in [6.45, 7) is 4.20. The minimum absolute atomic E-state index is 0.619. The minimum atomic E-state index is 0.619. The van der Waals surface area contributed by atoms with E-state index in [-0.39, 0.29) is 0 Å². The van der Waals surface area contributed by atoms with Crippen molar-refractivity contribution < 1.29 is 4.74 Å². The lowest BCUT2D eigenvalue weighted by molar-refractivity contribution is 0.103. The Labute approximate surface area is 101 Å². The standard InChI is InChI=1S/C12H20N2OS/c13-4-6-15-7-5-14(12-1-2-12)9-11-3-8-16-10-11/h3,8,10,12H,1-2,4-7,9,13H2. The van der Waals surface area contributed by atoms with Crippen molar-refractivity contribution in [3.05, 3.63) is 22.4 Å². The molecule has 0 spiro atoms. The molecule has 3 nitrogen and oxygen atoms in total. The summed E-state index contributed by atoms with van der Waals surface area (Å²) in [4.78, 5) is 2.53. The van der Waals surface area contributed by atoms with E-state index < -0.39 is 0 Å². The minimum Gasteiger partial charge on any atom is -0.379 e. The molecule has 0 aromatic carbocycles. The van der Waals surface area contributed by atoms with E-state index in [1.165, 1.54) is 18.4 Å². The van der Waals surface area contributed by atoms with E-state index in [9.17, 15) is 0 Å². The van der Waals surface area contributed by atoms with E-state index in [1.54, 1.807) is 11.3 Å². The summed E-state index contributed by atoms with van der Waals surface area (Å²) in [5, 5.41) is 4.38. The summed E-state index contributed by atoms with van der Waals surface area (Å²) in [5.74, 6) is 0. The normalized spacial score (nSPS) is 15.9. The fourth-order valence-corrected chi connectivity index (χ4v) is 2.47. The third-order valence-electron chi connectivity index (χ3n) is 2.81. The van der Waals surface area contributed by atoms with Gasteiger partial charge in [0.15, 0.2) is 0 Å². The van der Waals surface area contributed by atoms with Crippen LogP contribution in [0.4, 0.5) is 0 Å². The van der Waals surface area contributed by atoms with E-state index in [2.05, 4.69) is 21.7 Å². The van der Waals surface area contributed by atoms with Crippen molar-refractivity contribution in [1.82, 2.24) is 4.90 Å². The van der Waals surface area contributed by atoms with E-state index in [1.807, 2.05) is 0 Å². The van der Waals surface area contributed by atoms with Gasteiger partial charge in [0.25, 0.3) is 0 Å². The van der Waals surface area contributed by atoms with Gasteiger partial charge in [-0.05, 0) is 35.2 Å². The molecule has 0 aliphatic heterocycles. The van der Waals surface area contributed by atoms with Crippen molar-refractivity contribution in [2.45, 2.75) is 25.4 Å². The van der Waals surface area contributed by atoms with Crippen LogP contribution in [0.25, 0.3) is 0 Å². The third kappa shape index (κ3) is 3.87. The Balaban J connectivity index is 1.72. The van der Waals surface area contributed by atoms with Gasteiger partial charge in [0.2, 0.25) is 0 Å². The predicted molar refractivity (Wildman–Crippen MR) is 67.6 cm³/mol. The first-order chi connectivity index (χ1) is 7.90. The molecular weight excluding hydrogens is 220 g/mol. The average Bonchev–Trinajstić information content (AvgIpc) is 3.02. The highest BCUT2D eigenvalue weighted by atomic mass is 32.1. The van der Waals surface area contributed by atoms with Gasteiger partial charge in [-0.3, -0.25) is 4.90 Å². The van der Waals surface area contributed by atoms with Crippen LogP contribution >= 0.6 is 11.3 Å². The topological polar surface area (TPSA) is 38.5 Å². The largest absolute Gasteiger partial charge is 0.379 e. The van der Waals surface area contributed by atoms with E-state index in [0.717, 1.165) is 25.7 Å². The third-order valence-corrected chi connectivity index (χ3v) is 3.55. The summed E-state index contributed by atoms with van der Waals surface area (Å²) >= 11 is 1.77. The summed E-state index contributed by atoms with van der Waals surface area (Å²) in [6.07, 6.45) is 2.70. The lowest BCUT2D eigenvalue weighted by atomic mass is 10.3. The lowest BCUT2D eigenvalue weighted by Gasteiger charge is -2.21. The van der Waals surface area contributed by atoms with Gasteiger partial charge in [0.05, 0.1) is 13.2 Å². The first-order valence-electron chi connectivity index (χ1n) is 5.93. The molecule has 1 saturated carbocycles. The molecule has 1 aromatic rings. The smallest absolute Gasteiger partial charge is 0.0594 e. The maximum atomic E-state index is 5.45. The van der Waals surface area contributed by atoms with Crippen LogP contribution in [-0.4, -0.2) is 37.2 Å². The van der Waals surface area contributed by atoms with Gasteiger partial charge in [-0.25, -0.2) is 0 Å². The molecule has 90 valence electrons. The molecule has 0 bridgehead atoms. The number of nitrogens with zero attached hydrogens (tertiary/aromatic N) is 1. The quantitative estimate of drug-likeness (QED) is 0.703. The van der Waals surface area contributed by atoms with Crippen LogP contribution in [0.5, 0.6) is 0 Å². The summed E-state index contributed by atoms with van der Waals surface area (Å²) < 4.78 is 5.45. The zero-order valence-electron chi connectivity index (χ0n) is 9.60. The summed E-state index contributed by atoms with van der Waals surface area (Å²) in [5.41, 5.74) is 6.82. The Bertz CT molecular complexity index is 285. The average molecular weight is 240 g/mol. The Morgan fingerprint density at radius 2 is 2.31 bits per heavy atom. The summed E-state index contributed by atoms with van der Waals surface area (Å²) in [7, 11) is 0. The van der Waals surface area contributed by atoms with Crippen molar-refractivity contribution in [3.8, 4) is 0 Å². The molecule has 1 fully saturated rings. The van der Waals surface area contributed by atoms with Gasteiger partial charge in [-0.15, -0.1) is 0 Å². The Kier molecular flexibility index (Phi) is 4.78. The molecule has 1 heterocycles. The van der Waals surface area contributed by atoms with Gasteiger partial charge in [-0.1, -0.05) is 0 Å². The molecule has 2 N–H and O–H groups in total. The fourth-order valence-electron chi connectivity index (χ4n) is 1.81. The summed E-state index contributed by atoms with van der Waals surface area (Å²) in [6, 6.07) is 3.00. The van der Waals surface area contributed by atoms with E-state index >= 15 is 0 Å². The molecule has 0 amide bonds. The van der Waals surface area contributed by atoms with Crippen LogP contribution < -0.4 is 5.73 Å². The number of hydrogen-bond acceptors (Lipinski definition) is 4. The fraction of sp³-hybridized carbons (Fsp3) is 0.667. The monoisotopic (exact) mass is 240 g/mol. The maximum Gasteiger partial charge on any atom is 0.0594 e. The second kappa shape index (κ2) is 6.35. The molecular formula is C12H20N2OS. The van der Waals surface area contributed by atoms with Crippen LogP contribution in [0.3, 0.4) is 0 Å². The first kappa shape index (κ1) is 12.0. The van der Waals surface area contributed by atoms with Crippen LogP contribution in [0.1, 0.15) is 18.4 Å². The van der Waals surface area contributed by atoms with Gasteiger partial charge >= 0.3 is 0 Å². The van der Waals surface area contributed by atoms with Crippen molar-refractivity contribution in [3.63, 3.8) is 0 Å². The Morgan fingerprint density at radius 1 is 1.44 bits per heavy atom. The number of ether oxygens (including phenoxy) is 1. The van der Waals surface area contributed by atoms with Crippen molar-refractivity contribution in [1.29, 1.82) is 0 Å².